The van der Waals surface area contributed by atoms with Crippen molar-refractivity contribution in [1.82, 2.24) is 20.4 Å². The van der Waals surface area contributed by atoms with Crippen LogP contribution in [0.5, 0.6) is 0 Å². The number of carbonyl (C=O) groups is 5. The van der Waals surface area contributed by atoms with Crippen LogP contribution in [0.3, 0.4) is 0 Å². The van der Waals surface area contributed by atoms with E-state index in [0.29, 0.717) is 18.2 Å². The quantitative estimate of drug-likeness (QED) is 0.470. The highest BCUT2D eigenvalue weighted by Crippen LogP contribution is 2.38. The average Bonchev–Trinajstić information content (AvgIpc) is 3.20. The van der Waals surface area contributed by atoms with Gasteiger partial charge in [0.2, 0.25) is 5.91 Å². The molecule has 1 saturated carbocycles. The number of nitrogens with one attached hydrogen (secondary N) is 2. The molecule has 1 aromatic rings. The molecule has 2 aliphatic heterocycles. The fourth-order valence-electron chi connectivity index (χ4n) is 4.57. The van der Waals surface area contributed by atoms with E-state index in [9.17, 15) is 28.4 Å². The van der Waals surface area contributed by atoms with Gasteiger partial charge in [-0.1, -0.05) is 38.0 Å². The van der Waals surface area contributed by atoms with Gasteiger partial charge in [-0.2, -0.15) is 0 Å². The minimum atomic E-state index is -0.942. The number of hydrogen-bond acceptors (Lipinski definition) is 6. The zero-order chi connectivity index (χ0) is 24.5. The summed E-state index contributed by atoms with van der Waals surface area (Å²) in [5.74, 6) is -2.05. The second kappa shape index (κ2) is 9.57. The van der Waals surface area contributed by atoms with Gasteiger partial charge in [0, 0.05) is 18.7 Å². The smallest absolute Gasteiger partial charge is 0.325 e. The van der Waals surface area contributed by atoms with Gasteiger partial charge in [0.05, 0.1) is 4.91 Å². The third-order valence-electron chi connectivity index (χ3n) is 6.53. The monoisotopic (exact) mass is 488 g/mol. The molecule has 1 aliphatic carbocycles. The lowest BCUT2D eigenvalue weighted by atomic mass is 9.73. The molecule has 2 saturated heterocycles. The van der Waals surface area contributed by atoms with Crippen molar-refractivity contribution in [3.8, 4) is 0 Å². The molecule has 2 unspecified atom stereocenters. The first-order valence-electron chi connectivity index (χ1n) is 11.1. The molecule has 2 heterocycles. The molecule has 34 heavy (non-hydrogen) atoms. The lowest BCUT2D eigenvalue weighted by Crippen LogP contribution is -2.54. The van der Waals surface area contributed by atoms with Gasteiger partial charge in [-0.15, -0.1) is 0 Å². The van der Waals surface area contributed by atoms with Gasteiger partial charge in [0.1, 0.15) is 17.9 Å². The van der Waals surface area contributed by atoms with Crippen LogP contribution in [0.1, 0.15) is 38.2 Å². The zero-order valence-electron chi connectivity index (χ0n) is 18.6. The van der Waals surface area contributed by atoms with Crippen LogP contribution in [-0.4, -0.2) is 64.0 Å². The Morgan fingerprint density at radius 1 is 1.24 bits per heavy atom. The lowest BCUT2D eigenvalue weighted by molar-refractivity contribution is -0.137. The van der Waals surface area contributed by atoms with Gasteiger partial charge < -0.3 is 10.6 Å². The van der Waals surface area contributed by atoms with Crippen molar-refractivity contribution in [2.24, 2.45) is 5.92 Å². The van der Waals surface area contributed by atoms with E-state index in [4.69, 9.17) is 0 Å². The largest absolute Gasteiger partial charge is 0.353 e. The highest BCUT2D eigenvalue weighted by Gasteiger charge is 2.55. The summed E-state index contributed by atoms with van der Waals surface area (Å²) in [6.45, 7) is 1.35. The summed E-state index contributed by atoms with van der Waals surface area (Å²) in [6.07, 6.45) is 4.53. The number of thioether (sulfide) groups is 1. The Hall–Kier alpha value is -3.21. The fourth-order valence-corrected chi connectivity index (χ4v) is 5.43. The Morgan fingerprint density at radius 3 is 2.74 bits per heavy atom. The average molecular weight is 489 g/mol. The maximum absolute atomic E-state index is 13.8. The molecule has 3 aliphatic rings. The van der Waals surface area contributed by atoms with Crippen LogP contribution in [0.25, 0.3) is 6.08 Å². The van der Waals surface area contributed by atoms with Gasteiger partial charge in [-0.25, -0.2) is 9.18 Å². The van der Waals surface area contributed by atoms with Crippen LogP contribution < -0.4 is 10.6 Å². The van der Waals surface area contributed by atoms with E-state index >= 15 is 0 Å². The summed E-state index contributed by atoms with van der Waals surface area (Å²) in [6, 6.07) is 5.32. The van der Waals surface area contributed by atoms with Gasteiger partial charge in [-0.05, 0) is 42.7 Å². The molecular formula is C23H25FN4O5S. The molecular weight excluding hydrogens is 463 g/mol. The standard InChI is InChI=1S/C23H25FN4O5S/c1-14-6-4-5-9-23(14)20(31)28(21(32)26-23)13-18(29)25-10-11-27-19(30)17(34-22(27)33)12-15-7-2-3-8-16(15)24/h2-3,7-8,12,14H,4-6,9-11,13H2,1H3,(H,25,29)(H,26,32)/b17-12-. The molecule has 4 rings (SSSR count). The molecule has 2 N–H and O–H groups in total. The second-order valence-electron chi connectivity index (χ2n) is 8.64. The first-order chi connectivity index (χ1) is 16.2. The first-order valence-corrected chi connectivity index (χ1v) is 12.0. The number of nitrogens with zero attached hydrogens (tertiary/aromatic N) is 2. The Kier molecular flexibility index (Phi) is 6.74. The van der Waals surface area contributed by atoms with Crippen molar-refractivity contribution >= 4 is 46.8 Å². The third-order valence-corrected chi connectivity index (χ3v) is 7.43. The predicted molar refractivity (Wildman–Crippen MR) is 123 cm³/mol. The van der Waals surface area contributed by atoms with Gasteiger partial charge in [0.25, 0.3) is 17.1 Å². The minimum absolute atomic E-state index is 0.0120. The number of amides is 6. The molecule has 0 radical (unpaired) electrons. The Morgan fingerprint density at radius 2 is 2.00 bits per heavy atom. The van der Waals surface area contributed by atoms with Crippen LogP contribution in [-0.2, 0) is 14.4 Å². The molecule has 3 fully saturated rings. The Labute approximate surface area is 200 Å². The molecule has 180 valence electrons. The summed E-state index contributed by atoms with van der Waals surface area (Å²) < 4.78 is 13.8. The molecule has 0 bridgehead atoms. The zero-order valence-corrected chi connectivity index (χ0v) is 19.5. The summed E-state index contributed by atoms with van der Waals surface area (Å²) in [5, 5.41) is 4.81. The second-order valence-corrected chi connectivity index (χ2v) is 9.64. The molecule has 1 aromatic carbocycles. The summed E-state index contributed by atoms with van der Waals surface area (Å²) in [5.41, 5.74) is -0.748. The number of benzene rings is 1. The fraction of sp³-hybridized carbons (Fsp3) is 0.435. The van der Waals surface area contributed by atoms with Crippen LogP contribution in [0.2, 0.25) is 0 Å². The molecule has 1 spiro atoms. The summed E-state index contributed by atoms with van der Waals surface area (Å²) in [4.78, 5) is 64.5. The van der Waals surface area contributed by atoms with Crippen molar-refractivity contribution in [2.45, 2.75) is 38.1 Å². The first kappa shape index (κ1) is 23.9. The predicted octanol–water partition coefficient (Wildman–Crippen LogP) is 2.48. The molecule has 0 aromatic heterocycles. The van der Waals surface area contributed by atoms with E-state index in [-0.39, 0.29) is 35.4 Å². The molecule has 9 nitrogen and oxygen atoms in total. The van der Waals surface area contributed by atoms with E-state index in [1.165, 1.54) is 24.3 Å². The molecule has 11 heteroatoms. The van der Waals surface area contributed by atoms with E-state index < -0.39 is 41.0 Å². The van der Waals surface area contributed by atoms with Crippen molar-refractivity contribution in [1.29, 1.82) is 0 Å². The van der Waals surface area contributed by atoms with Crippen molar-refractivity contribution in [3.63, 3.8) is 0 Å². The SMILES string of the molecule is CC1CCCCC12NC(=O)N(CC(=O)NCCN1C(=O)S/C(=C\c3ccccc3F)C1=O)C2=O. The Bertz CT molecular complexity index is 1090. The normalized spacial score (nSPS) is 26.1. The van der Waals surface area contributed by atoms with Gasteiger partial charge in [-0.3, -0.25) is 29.0 Å². The summed E-state index contributed by atoms with van der Waals surface area (Å²) in [7, 11) is 0. The van der Waals surface area contributed by atoms with Crippen molar-refractivity contribution in [3.05, 3.63) is 40.6 Å². The number of hydrogen-bond donors (Lipinski definition) is 2. The van der Waals surface area contributed by atoms with E-state index in [2.05, 4.69) is 10.6 Å². The van der Waals surface area contributed by atoms with E-state index in [0.717, 1.165) is 29.1 Å². The lowest BCUT2D eigenvalue weighted by Gasteiger charge is -2.36. The maximum Gasteiger partial charge on any atom is 0.325 e. The highest BCUT2D eigenvalue weighted by molar-refractivity contribution is 8.18. The van der Waals surface area contributed by atoms with Crippen LogP contribution >= 0.6 is 11.8 Å². The Balaban J connectivity index is 1.31. The van der Waals surface area contributed by atoms with Crippen LogP contribution in [0, 0.1) is 11.7 Å². The van der Waals surface area contributed by atoms with Crippen LogP contribution in [0.4, 0.5) is 14.0 Å². The highest BCUT2D eigenvalue weighted by atomic mass is 32.2. The minimum Gasteiger partial charge on any atom is -0.353 e. The van der Waals surface area contributed by atoms with Crippen molar-refractivity contribution in [2.75, 3.05) is 19.6 Å². The maximum atomic E-state index is 13.8. The molecule has 6 amide bonds. The van der Waals surface area contributed by atoms with E-state index in [1.54, 1.807) is 6.07 Å². The number of urea groups is 1. The number of carbonyl (C=O) groups excluding carboxylic acids is 5. The van der Waals surface area contributed by atoms with E-state index in [1.807, 2.05) is 6.92 Å². The van der Waals surface area contributed by atoms with Crippen molar-refractivity contribution < 1.29 is 28.4 Å². The number of halogens is 1. The summed E-state index contributed by atoms with van der Waals surface area (Å²) >= 11 is 0.697. The topological polar surface area (TPSA) is 116 Å². The number of imide groups is 2. The van der Waals surface area contributed by atoms with Gasteiger partial charge in [0.15, 0.2) is 0 Å². The van der Waals surface area contributed by atoms with Gasteiger partial charge >= 0.3 is 6.03 Å². The third kappa shape index (κ3) is 4.44. The van der Waals surface area contributed by atoms with Crippen LogP contribution in [0.15, 0.2) is 29.2 Å². The number of rotatable bonds is 6. The molecule has 2 atom stereocenters.